The zero-order valence-electron chi connectivity index (χ0n) is 47.3. The SMILES string of the molecule is CC(C)(C)OC(=O)NCc1cccc(C2CCN(C(=O)/C=C/c3ccc(O)c(O)c3)CC2)c1.CC(C)(C)OC(=O)NCc1cccc(C2CCNCC2)c1.NCc1cccc(C2CCN(C(=O)/C=C/c3ccc(O)c(O)c3)CC2)c1. The van der Waals surface area contributed by atoms with Gasteiger partial charge in [-0.3, -0.25) is 9.59 Å². The number of nitrogens with one attached hydrogen (secondary N) is 3. The van der Waals surface area contributed by atoms with Gasteiger partial charge < -0.3 is 61.4 Å². The van der Waals surface area contributed by atoms with E-state index < -0.39 is 17.3 Å². The van der Waals surface area contributed by atoms with E-state index in [1.54, 1.807) is 24.3 Å². The molecule has 0 aliphatic carbocycles. The third-order valence-electron chi connectivity index (χ3n) is 14.0. The second-order valence-electron chi connectivity index (χ2n) is 22.5. The number of nitrogens with zero attached hydrogens (tertiary/aromatic N) is 2. The summed E-state index contributed by atoms with van der Waals surface area (Å²) in [5.41, 5.74) is 13.2. The second kappa shape index (κ2) is 29.4. The van der Waals surface area contributed by atoms with Crippen LogP contribution in [-0.4, -0.2) is 105 Å². The number of hydrogen-bond acceptors (Lipinski definition) is 12. The maximum Gasteiger partial charge on any atom is 0.407 e. The summed E-state index contributed by atoms with van der Waals surface area (Å²) in [6.45, 7) is 17.5. The summed E-state index contributed by atoms with van der Waals surface area (Å²) in [4.78, 5) is 52.2. The Bertz CT molecular complexity index is 2900. The van der Waals surface area contributed by atoms with Crippen LogP contribution in [0.1, 0.15) is 142 Å². The first-order chi connectivity index (χ1) is 38.1. The highest BCUT2D eigenvalue weighted by Crippen LogP contribution is 2.32. The number of carbonyl (C=O) groups is 4. The molecule has 9 N–H and O–H groups in total. The highest BCUT2D eigenvalue weighted by atomic mass is 16.6. The molecule has 428 valence electrons. The van der Waals surface area contributed by atoms with Gasteiger partial charge in [0.15, 0.2) is 23.0 Å². The molecule has 3 aliphatic heterocycles. The van der Waals surface area contributed by atoms with Crippen molar-refractivity contribution in [1.82, 2.24) is 25.8 Å². The molecule has 5 aromatic rings. The normalized spacial score (nSPS) is 15.5. The van der Waals surface area contributed by atoms with E-state index in [1.807, 2.05) is 81.7 Å². The summed E-state index contributed by atoms with van der Waals surface area (Å²) in [5.74, 6) is 0.571. The van der Waals surface area contributed by atoms with E-state index in [1.165, 1.54) is 65.9 Å². The maximum absolute atomic E-state index is 12.5. The Morgan fingerprint density at radius 1 is 0.525 bits per heavy atom. The molecule has 0 bridgehead atoms. The average Bonchev–Trinajstić information content (AvgIpc) is 3.44. The Balaban J connectivity index is 0.000000199. The Morgan fingerprint density at radius 3 is 1.25 bits per heavy atom. The van der Waals surface area contributed by atoms with E-state index in [9.17, 15) is 39.6 Å². The maximum atomic E-state index is 12.5. The number of amides is 4. The standard InChI is InChI=1S/C26H32N2O5.C21H24N2O3.C17H26N2O2/c1-26(2,3)33-25(32)27-17-19-5-4-6-21(15-19)20-11-13-28(14-12-20)24(31)10-8-18-7-9-22(29)23(30)16-18;22-14-16-2-1-3-18(12-16)17-8-10-23(11-9-17)21(26)7-5-15-4-6-19(24)20(25)13-15;1-17(2,3)21-16(20)19-12-13-5-4-6-15(11-13)14-7-9-18-10-8-14/h4-10,15-16,20,29-30H,11-14,17H2,1-3H3,(H,27,32);1-7,12-13,17,24-25H,8-11,14,22H2;4-6,11,14,18H,7-10,12H2,1-3H3,(H,19,20)/b10-8+;7-5+;. The molecule has 0 radical (unpaired) electrons. The predicted octanol–water partition coefficient (Wildman–Crippen LogP) is 10.7. The van der Waals surface area contributed by atoms with Crippen molar-refractivity contribution in [3.8, 4) is 23.0 Å². The summed E-state index contributed by atoms with van der Waals surface area (Å²) in [7, 11) is 0. The molecular weight excluding hydrogens is 1010 g/mol. The van der Waals surface area contributed by atoms with Crippen LogP contribution in [0.5, 0.6) is 23.0 Å². The third-order valence-corrected chi connectivity index (χ3v) is 14.0. The minimum atomic E-state index is -0.529. The van der Waals surface area contributed by atoms with Crippen LogP contribution < -0.4 is 21.7 Å². The lowest BCUT2D eigenvalue weighted by Gasteiger charge is -2.31. The largest absolute Gasteiger partial charge is 0.504 e. The molecule has 8 rings (SSSR count). The van der Waals surface area contributed by atoms with Crippen molar-refractivity contribution in [1.29, 1.82) is 0 Å². The number of nitrogens with two attached hydrogens (primary N) is 1. The molecule has 0 spiro atoms. The fourth-order valence-corrected chi connectivity index (χ4v) is 9.72. The van der Waals surface area contributed by atoms with Gasteiger partial charge in [0.25, 0.3) is 0 Å². The number of rotatable bonds is 12. The van der Waals surface area contributed by atoms with E-state index >= 15 is 0 Å². The summed E-state index contributed by atoms with van der Waals surface area (Å²) in [6.07, 6.45) is 11.5. The van der Waals surface area contributed by atoms with Crippen LogP contribution in [0, 0.1) is 0 Å². The van der Waals surface area contributed by atoms with Gasteiger partial charge in [-0.1, -0.05) is 84.9 Å². The Kier molecular flexibility index (Phi) is 22.6. The van der Waals surface area contributed by atoms with Crippen LogP contribution in [-0.2, 0) is 38.7 Å². The first-order valence-corrected chi connectivity index (χ1v) is 27.7. The molecule has 16 nitrogen and oxygen atoms in total. The number of likely N-dealkylation sites (tertiary alicyclic amines) is 2. The van der Waals surface area contributed by atoms with E-state index in [4.69, 9.17) is 15.2 Å². The van der Waals surface area contributed by atoms with Crippen LogP contribution in [0.3, 0.4) is 0 Å². The molecule has 0 saturated carbocycles. The van der Waals surface area contributed by atoms with Crippen molar-refractivity contribution in [2.24, 2.45) is 5.73 Å². The number of piperidine rings is 3. The van der Waals surface area contributed by atoms with Crippen molar-refractivity contribution in [2.75, 3.05) is 39.3 Å². The zero-order valence-corrected chi connectivity index (χ0v) is 47.3. The molecule has 80 heavy (non-hydrogen) atoms. The Labute approximate surface area is 471 Å². The Hall–Kier alpha value is -7.82. The van der Waals surface area contributed by atoms with Crippen LogP contribution in [0.4, 0.5) is 9.59 Å². The number of carbonyl (C=O) groups excluding carboxylic acids is 4. The molecule has 0 atom stereocenters. The second-order valence-corrected chi connectivity index (χ2v) is 22.5. The Morgan fingerprint density at radius 2 is 0.887 bits per heavy atom. The van der Waals surface area contributed by atoms with Gasteiger partial charge in [-0.25, -0.2) is 9.59 Å². The summed E-state index contributed by atoms with van der Waals surface area (Å²) in [6, 6.07) is 34.0. The van der Waals surface area contributed by atoms with Crippen LogP contribution >= 0.6 is 0 Å². The molecule has 3 heterocycles. The molecule has 0 unspecified atom stereocenters. The van der Waals surface area contributed by atoms with Gasteiger partial charge in [-0.15, -0.1) is 0 Å². The fraction of sp³-hybridized carbons (Fsp3) is 0.406. The number of aromatic hydroxyl groups is 4. The predicted molar refractivity (Wildman–Crippen MR) is 313 cm³/mol. The van der Waals surface area contributed by atoms with E-state index in [-0.39, 0.29) is 40.9 Å². The van der Waals surface area contributed by atoms with Gasteiger partial charge in [0.2, 0.25) is 11.8 Å². The highest BCUT2D eigenvalue weighted by molar-refractivity contribution is 5.92. The van der Waals surface area contributed by atoms with Crippen molar-refractivity contribution in [2.45, 2.75) is 129 Å². The monoisotopic (exact) mass is 1090 g/mol. The molecule has 16 heteroatoms. The first kappa shape index (κ1) is 61.4. The van der Waals surface area contributed by atoms with Gasteiger partial charge in [-0.2, -0.15) is 0 Å². The van der Waals surface area contributed by atoms with Crippen LogP contribution in [0.2, 0.25) is 0 Å². The van der Waals surface area contributed by atoms with Crippen LogP contribution in [0.15, 0.2) is 121 Å². The lowest BCUT2D eigenvalue weighted by atomic mass is 9.88. The number of alkyl carbamates (subject to hydrolysis) is 2. The smallest absolute Gasteiger partial charge is 0.407 e. The molecule has 5 aromatic carbocycles. The lowest BCUT2D eigenvalue weighted by Crippen LogP contribution is -2.36. The van der Waals surface area contributed by atoms with Crippen LogP contribution in [0.25, 0.3) is 12.2 Å². The number of hydrogen-bond donors (Lipinski definition) is 8. The van der Waals surface area contributed by atoms with Gasteiger partial charge in [0, 0.05) is 58.0 Å². The summed E-state index contributed by atoms with van der Waals surface area (Å²) in [5, 5.41) is 46.8. The molecule has 3 saturated heterocycles. The van der Waals surface area contributed by atoms with E-state index in [0.717, 1.165) is 68.6 Å². The van der Waals surface area contributed by atoms with Crippen molar-refractivity contribution >= 4 is 36.2 Å². The first-order valence-electron chi connectivity index (χ1n) is 27.7. The number of ether oxygens (including phenoxy) is 2. The number of benzene rings is 5. The minimum absolute atomic E-state index is 0.0354. The molecule has 3 aliphatic rings. The minimum Gasteiger partial charge on any atom is -0.504 e. The number of phenols is 4. The topological polar surface area (TPSA) is 236 Å². The van der Waals surface area contributed by atoms with Gasteiger partial charge in [-0.05, 0) is 192 Å². The van der Waals surface area contributed by atoms with E-state index in [0.29, 0.717) is 61.6 Å². The highest BCUT2D eigenvalue weighted by Gasteiger charge is 2.25. The number of phenolic OH excluding ortho intramolecular Hbond substituents is 4. The van der Waals surface area contributed by atoms with Crippen molar-refractivity contribution in [3.05, 3.63) is 166 Å². The van der Waals surface area contributed by atoms with E-state index in [2.05, 4.69) is 58.4 Å². The average molecular weight is 1100 g/mol. The fourth-order valence-electron chi connectivity index (χ4n) is 9.72. The molecular formula is C64H82N6O10. The molecule has 4 amide bonds. The van der Waals surface area contributed by atoms with Crippen molar-refractivity contribution in [3.63, 3.8) is 0 Å². The van der Waals surface area contributed by atoms with Gasteiger partial charge in [0.1, 0.15) is 11.2 Å². The quantitative estimate of drug-likeness (QED) is 0.0430. The van der Waals surface area contributed by atoms with Gasteiger partial charge >= 0.3 is 12.2 Å². The molecule has 0 aromatic heterocycles. The zero-order chi connectivity index (χ0) is 57.8. The molecule has 3 fully saturated rings. The van der Waals surface area contributed by atoms with Gasteiger partial charge in [0.05, 0.1) is 0 Å². The third kappa shape index (κ3) is 20.4. The summed E-state index contributed by atoms with van der Waals surface area (Å²) >= 11 is 0. The summed E-state index contributed by atoms with van der Waals surface area (Å²) < 4.78 is 10.5. The van der Waals surface area contributed by atoms with Crippen molar-refractivity contribution < 1.29 is 49.1 Å². The lowest BCUT2D eigenvalue weighted by molar-refractivity contribution is -0.127.